The van der Waals surface area contributed by atoms with Gasteiger partial charge in [0.15, 0.2) is 0 Å². The third kappa shape index (κ3) is 11.3. The molecule has 0 aliphatic carbocycles. The van der Waals surface area contributed by atoms with Crippen molar-refractivity contribution in [2.75, 3.05) is 6.61 Å². The zero-order chi connectivity index (χ0) is 6.41. The van der Waals surface area contributed by atoms with E-state index in [1.807, 2.05) is 0 Å². The molecule has 4 heteroatoms. The Morgan fingerprint density at radius 1 is 1.40 bits per heavy atom. The maximum Gasteiger partial charge on any atom is 0.0431 e. The van der Waals surface area contributed by atoms with E-state index in [9.17, 15) is 0 Å². The molecule has 0 aromatic rings. The van der Waals surface area contributed by atoms with Crippen molar-refractivity contribution in [3.8, 4) is 0 Å². The van der Waals surface area contributed by atoms with Crippen LogP contribution in [0.3, 0.4) is 0 Å². The van der Waals surface area contributed by atoms with Crippen LogP contribution in [-0.4, -0.2) is 17.8 Å². The largest absolute Gasteiger partial charge is 0.396 e. The molecule has 10 heavy (non-hydrogen) atoms. The van der Waals surface area contributed by atoms with E-state index in [0.29, 0.717) is 6.04 Å². The highest BCUT2D eigenvalue weighted by Crippen LogP contribution is 1.95. The summed E-state index contributed by atoms with van der Waals surface area (Å²) in [5, 5.41) is 8.36. The summed E-state index contributed by atoms with van der Waals surface area (Å²) in [4.78, 5) is 0. The number of rotatable bonds is 4. The van der Waals surface area contributed by atoms with Crippen LogP contribution in [0.5, 0.6) is 0 Å². The summed E-state index contributed by atoms with van der Waals surface area (Å²) < 4.78 is 0. The monoisotopic (exact) mass is 189 g/mol. The summed E-state index contributed by atoms with van der Waals surface area (Å²) in [7, 11) is 0. The minimum atomic E-state index is 0. The number of hydrogen-bond acceptors (Lipinski definition) is 2. The maximum absolute atomic E-state index is 8.36. The first-order valence-corrected chi connectivity index (χ1v) is 3.17. The first-order chi connectivity index (χ1) is 3.81. The van der Waals surface area contributed by atoms with E-state index < -0.39 is 0 Å². The molecule has 0 fully saturated rings. The highest BCUT2D eigenvalue weighted by Gasteiger charge is 1.95. The highest BCUT2D eigenvalue weighted by atomic mass is 35.5. The maximum atomic E-state index is 8.36. The van der Waals surface area contributed by atoms with E-state index in [-0.39, 0.29) is 31.4 Å². The zero-order valence-corrected chi connectivity index (χ0v) is 7.88. The Morgan fingerprint density at radius 3 is 2.20 bits per heavy atom. The molecule has 0 aromatic heterocycles. The predicted octanol–water partition coefficient (Wildman–Crippen LogP) is 1.34. The Labute approximate surface area is 75.0 Å². The van der Waals surface area contributed by atoms with Crippen LogP contribution < -0.4 is 5.73 Å². The van der Waals surface area contributed by atoms with E-state index in [1.165, 1.54) is 0 Å². The predicted molar refractivity (Wildman–Crippen MR) is 49.1 cm³/mol. The molecular formula is C6H17Cl2NO. The minimum Gasteiger partial charge on any atom is -0.396 e. The van der Waals surface area contributed by atoms with E-state index in [0.717, 1.165) is 19.3 Å². The highest BCUT2D eigenvalue weighted by molar-refractivity contribution is 5.85. The molecule has 0 bridgehead atoms. The van der Waals surface area contributed by atoms with E-state index >= 15 is 0 Å². The average Bonchev–Trinajstić information content (AvgIpc) is 1.83. The zero-order valence-electron chi connectivity index (χ0n) is 6.25. The molecule has 0 saturated heterocycles. The van der Waals surface area contributed by atoms with Crippen LogP contribution in [0.25, 0.3) is 0 Å². The van der Waals surface area contributed by atoms with Crippen molar-refractivity contribution in [2.45, 2.75) is 32.2 Å². The third-order valence-electron chi connectivity index (χ3n) is 1.26. The molecule has 0 spiro atoms. The van der Waals surface area contributed by atoms with Gasteiger partial charge in [0, 0.05) is 12.6 Å². The number of nitrogens with two attached hydrogens (primary N) is 1. The van der Waals surface area contributed by atoms with Gasteiger partial charge in [-0.05, 0) is 19.3 Å². The number of aliphatic hydroxyl groups excluding tert-OH is 1. The van der Waals surface area contributed by atoms with Crippen molar-refractivity contribution in [3.05, 3.63) is 0 Å². The van der Waals surface area contributed by atoms with Crippen LogP contribution in [-0.2, 0) is 0 Å². The fourth-order valence-corrected chi connectivity index (χ4v) is 0.558. The minimum absolute atomic E-state index is 0. The normalized spacial score (nSPS) is 11.1. The Balaban J connectivity index is -0.000000245. The Morgan fingerprint density at radius 2 is 1.90 bits per heavy atom. The fraction of sp³-hybridized carbons (Fsp3) is 1.00. The van der Waals surface area contributed by atoms with Crippen LogP contribution in [0.15, 0.2) is 0 Å². The third-order valence-corrected chi connectivity index (χ3v) is 1.26. The van der Waals surface area contributed by atoms with Crippen LogP contribution in [0.4, 0.5) is 0 Å². The van der Waals surface area contributed by atoms with Gasteiger partial charge in [-0.1, -0.05) is 6.92 Å². The van der Waals surface area contributed by atoms with Gasteiger partial charge in [-0.25, -0.2) is 0 Å². The van der Waals surface area contributed by atoms with E-state index in [1.54, 1.807) is 0 Å². The van der Waals surface area contributed by atoms with Crippen molar-refractivity contribution in [1.29, 1.82) is 0 Å². The average molecular weight is 190 g/mol. The van der Waals surface area contributed by atoms with E-state index in [2.05, 4.69) is 6.92 Å². The molecule has 0 amide bonds. The summed E-state index contributed by atoms with van der Waals surface area (Å²) in [5.41, 5.74) is 5.55. The molecule has 1 atom stereocenters. The standard InChI is InChI=1S/C6H15NO.2ClH/c1-2-6(7)4-3-5-8;;/h6,8H,2-5,7H2,1H3;2*1H. The SMILES string of the molecule is CCC(N)CCCO.Cl.Cl. The summed E-state index contributed by atoms with van der Waals surface area (Å²) in [6.07, 6.45) is 2.81. The molecule has 2 nitrogen and oxygen atoms in total. The van der Waals surface area contributed by atoms with Gasteiger partial charge in [0.25, 0.3) is 0 Å². The summed E-state index contributed by atoms with van der Waals surface area (Å²) in [5.74, 6) is 0. The van der Waals surface area contributed by atoms with Crippen molar-refractivity contribution in [1.82, 2.24) is 0 Å². The first kappa shape index (κ1) is 16.8. The Kier molecular flexibility index (Phi) is 20.6. The quantitative estimate of drug-likeness (QED) is 0.702. The lowest BCUT2D eigenvalue weighted by atomic mass is 10.1. The molecule has 0 saturated carbocycles. The molecule has 0 aromatic carbocycles. The van der Waals surface area contributed by atoms with Crippen LogP contribution in [0.1, 0.15) is 26.2 Å². The summed E-state index contributed by atoms with van der Waals surface area (Å²) >= 11 is 0. The Hall–Kier alpha value is 0.500. The lowest BCUT2D eigenvalue weighted by Gasteiger charge is -2.04. The van der Waals surface area contributed by atoms with Gasteiger partial charge in [0.1, 0.15) is 0 Å². The van der Waals surface area contributed by atoms with Crippen LogP contribution >= 0.6 is 24.8 Å². The molecule has 0 aliphatic rings. The Bertz CT molecular complexity index is 55.0. The molecular weight excluding hydrogens is 173 g/mol. The summed E-state index contributed by atoms with van der Waals surface area (Å²) in [6, 6.07) is 0.294. The van der Waals surface area contributed by atoms with Crippen molar-refractivity contribution in [2.24, 2.45) is 5.73 Å². The number of aliphatic hydroxyl groups is 1. The van der Waals surface area contributed by atoms with Gasteiger partial charge >= 0.3 is 0 Å². The van der Waals surface area contributed by atoms with Crippen LogP contribution in [0.2, 0.25) is 0 Å². The van der Waals surface area contributed by atoms with Gasteiger partial charge in [-0.3, -0.25) is 0 Å². The summed E-state index contributed by atoms with van der Waals surface area (Å²) in [6.45, 7) is 2.33. The molecule has 3 N–H and O–H groups in total. The second-order valence-electron chi connectivity index (χ2n) is 2.03. The smallest absolute Gasteiger partial charge is 0.0431 e. The molecule has 0 rings (SSSR count). The lowest BCUT2D eigenvalue weighted by Crippen LogP contribution is -2.18. The van der Waals surface area contributed by atoms with Gasteiger partial charge < -0.3 is 10.8 Å². The lowest BCUT2D eigenvalue weighted by molar-refractivity contribution is 0.279. The van der Waals surface area contributed by atoms with Gasteiger partial charge in [0.05, 0.1) is 0 Å². The van der Waals surface area contributed by atoms with Crippen LogP contribution in [0, 0.1) is 0 Å². The second-order valence-corrected chi connectivity index (χ2v) is 2.03. The molecule has 1 unspecified atom stereocenters. The number of halogens is 2. The first-order valence-electron chi connectivity index (χ1n) is 3.17. The molecule has 0 radical (unpaired) electrons. The van der Waals surface area contributed by atoms with Gasteiger partial charge in [-0.15, -0.1) is 24.8 Å². The topological polar surface area (TPSA) is 46.2 Å². The fourth-order valence-electron chi connectivity index (χ4n) is 0.558. The van der Waals surface area contributed by atoms with Crippen molar-refractivity contribution >= 4 is 24.8 Å². The second kappa shape index (κ2) is 12.2. The molecule has 66 valence electrons. The van der Waals surface area contributed by atoms with Crippen molar-refractivity contribution < 1.29 is 5.11 Å². The number of hydrogen-bond donors (Lipinski definition) is 2. The van der Waals surface area contributed by atoms with Gasteiger partial charge in [-0.2, -0.15) is 0 Å². The van der Waals surface area contributed by atoms with Crippen molar-refractivity contribution in [3.63, 3.8) is 0 Å². The van der Waals surface area contributed by atoms with E-state index in [4.69, 9.17) is 10.8 Å². The molecule has 0 heterocycles. The van der Waals surface area contributed by atoms with Gasteiger partial charge in [0.2, 0.25) is 0 Å². The molecule has 0 aliphatic heterocycles.